The Morgan fingerprint density at radius 3 is 2.71 bits per heavy atom. The van der Waals surface area contributed by atoms with E-state index in [1.54, 1.807) is 25.1 Å². The summed E-state index contributed by atoms with van der Waals surface area (Å²) in [5.74, 6) is 0.185. The summed E-state index contributed by atoms with van der Waals surface area (Å²) in [6, 6.07) is 13.0. The van der Waals surface area contributed by atoms with E-state index in [0.717, 1.165) is 26.7 Å². The fourth-order valence-corrected chi connectivity index (χ4v) is 5.01. The van der Waals surface area contributed by atoms with Gasteiger partial charge in [0.25, 0.3) is 0 Å². The van der Waals surface area contributed by atoms with Gasteiger partial charge in [-0.25, -0.2) is 13.4 Å². The molecule has 3 rings (SSSR count). The summed E-state index contributed by atoms with van der Waals surface area (Å²) in [5, 5.41) is 2.90. The first-order valence-corrected chi connectivity index (χ1v) is 12.3. The van der Waals surface area contributed by atoms with Crippen molar-refractivity contribution < 1.29 is 13.2 Å². The molecule has 9 heteroatoms. The molecular formula is C19H21N3O3S3. The smallest absolute Gasteiger partial charge is 0.234 e. The summed E-state index contributed by atoms with van der Waals surface area (Å²) >= 11 is 2.80. The molecule has 28 heavy (non-hydrogen) atoms. The van der Waals surface area contributed by atoms with Crippen LogP contribution in [0.1, 0.15) is 19.4 Å². The van der Waals surface area contributed by atoms with E-state index in [-0.39, 0.29) is 17.4 Å². The molecule has 3 aromatic rings. The molecule has 0 aliphatic rings. The summed E-state index contributed by atoms with van der Waals surface area (Å²) in [5.41, 5.74) is 3.26. The van der Waals surface area contributed by atoms with Gasteiger partial charge in [-0.05, 0) is 49.2 Å². The zero-order chi connectivity index (χ0) is 20.1. The van der Waals surface area contributed by atoms with Gasteiger partial charge < -0.3 is 5.32 Å². The summed E-state index contributed by atoms with van der Waals surface area (Å²) in [6.45, 7) is 3.66. The molecule has 0 spiro atoms. The third-order valence-electron chi connectivity index (χ3n) is 3.97. The lowest BCUT2D eigenvalue weighted by Crippen LogP contribution is -2.14. The molecular weight excluding hydrogens is 414 g/mol. The number of amides is 1. The average molecular weight is 436 g/mol. The average Bonchev–Trinajstić information content (AvgIpc) is 3.08. The number of nitrogens with zero attached hydrogens (tertiary/aromatic N) is 1. The van der Waals surface area contributed by atoms with Crippen molar-refractivity contribution in [3.05, 3.63) is 48.0 Å². The van der Waals surface area contributed by atoms with Crippen LogP contribution in [0.5, 0.6) is 0 Å². The minimum Gasteiger partial charge on any atom is -0.325 e. The fourth-order valence-electron chi connectivity index (χ4n) is 2.47. The number of nitrogens with one attached hydrogen (secondary N) is 2. The number of benzene rings is 2. The number of fused-ring (bicyclic) bond motifs is 1. The van der Waals surface area contributed by atoms with Crippen LogP contribution in [0.2, 0.25) is 0 Å². The van der Waals surface area contributed by atoms with Gasteiger partial charge in [-0.2, -0.15) is 0 Å². The molecule has 0 saturated heterocycles. The van der Waals surface area contributed by atoms with Gasteiger partial charge in [-0.15, -0.1) is 11.3 Å². The molecule has 1 amide bonds. The number of carbonyl (C=O) groups is 1. The topological polar surface area (TPSA) is 88.2 Å². The van der Waals surface area contributed by atoms with Crippen molar-refractivity contribution in [3.8, 4) is 0 Å². The standard InChI is InChI=1S/C19H21N3O3S3/c1-3-13-6-5-7-14(10-13)20-18(23)12-26-19-21-16-9-8-15(11-17(16)27-19)22-28(24,25)4-2/h5-11,22H,3-4,12H2,1-2H3,(H,20,23). The third kappa shape index (κ3) is 5.46. The maximum absolute atomic E-state index is 12.2. The number of rotatable bonds is 8. The number of hydrogen-bond donors (Lipinski definition) is 2. The molecule has 0 aliphatic carbocycles. The van der Waals surface area contributed by atoms with Crippen LogP contribution in [0, 0.1) is 0 Å². The molecule has 1 aromatic heterocycles. The molecule has 148 valence electrons. The van der Waals surface area contributed by atoms with Gasteiger partial charge in [-0.3, -0.25) is 9.52 Å². The van der Waals surface area contributed by atoms with Crippen LogP contribution >= 0.6 is 23.1 Å². The van der Waals surface area contributed by atoms with E-state index in [1.165, 1.54) is 28.7 Å². The van der Waals surface area contributed by atoms with Gasteiger partial charge in [0.15, 0.2) is 4.34 Å². The van der Waals surface area contributed by atoms with Gasteiger partial charge in [0.1, 0.15) is 0 Å². The number of hydrogen-bond acceptors (Lipinski definition) is 6. The van der Waals surface area contributed by atoms with Crippen molar-refractivity contribution in [2.24, 2.45) is 0 Å². The largest absolute Gasteiger partial charge is 0.325 e. The van der Waals surface area contributed by atoms with Gasteiger partial charge >= 0.3 is 0 Å². The highest BCUT2D eigenvalue weighted by Gasteiger charge is 2.11. The fraction of sp³-hybridized carbons (Fsp3) is 0.263. The van der Waals surface area contributed by atoms with Crippen molar-refractivity contribution in [1.82, 2.24) is 4.98 Å². The van der Waals surface area contributed by atoms with Crippen molar-refractivity contribution in [1.29, 1.82) is 0 Å². The Morgan fingerprint density at radius 1 is 1.14 bits per heavy atom. The van der Waals surface area contributed by atoms with Crippen molar-refractivity contribution in [3.63, 3.8) is 0 Å². The normalized spacial score (nSPS) is 11.5. The first-order chi connectivity index (χ1) is 13.4. The van der Waals surface area contributed by atoms with Gasteiger partial charge in [0.05, 0.1) is 27.4 Å². The first-order valence-electron chi connectivity index (χ1n) is 8.81. The minimum atomic E-state index is -3.31. The molecule has 0 saturated carbocycles. The van der Waals surface area contributed by atoms with Crippen LogP contribution in [0.3, 0.4) is 0 Å². The zero-order valence-corrected chi connectivity index (χ0v) is 18.0. The van der Waals surface area contributed by atoms with Crippen LogP contribution < -0.4 is 10.0 Å². The highest BCUT2D eigenvalue weighted by Crippen LogP contribution is 2.31. The molecule has 2 aromatic carbocycles. The lowest BCUT2D eigenvalue weighted by Gasteiger charge is -2.05. The summed E-state index contributed by atoms with van der Waals surface area (Å²) in [4.78, 5) is 16.7. The quantitative estimate of drug-likeness (QED) is 0.514. The van der Waals surface area contributed by atoms with Crippen LogP contribution in [-0.4, -0.2) is 30.8 Å². The van der Waals surface area contributed by atoms with E-state index in [0.29, 0.717) is 5.69 Å². The van der Waals surface area contributed by atoms with E-state index in [9.17, 15) is 13.2 Å². The predicted molar refractivity (Wildman–Crippen MR) is 118 cm³/mol. The number of thiazole rings is 1. The van der Waals surface area contributed by atoms with E-state index in [4.69, 9.17) is 0 Å². The minimum absolute atomic E-state index is 0.0190. The molecule has 1 heterocycles. The highest BCUT2D eigenvalue weighted by molar-refractivity contribution is 8.01. The predicted octanol–water partition coefficient (Wildman–Crippen LogP) is 4.35. The van der Waals surface area contributed by atoms with Crippen molar-refractivity contribution >= 4 is 60.6 Å². The van der Waals surface area contributed by atoms with Crippen molar-refractivity contribution in [2.75, 3.05) is 21.5 Å². The molecule has 0 bridgehead atoms. The van der Waals surface area contributed by atoms with Gasteiger partial charge in [0, 0.05) is 5.69 Å². The van der Waals surface area contributed by atoms with Gasteiger partial charge in [0.2, 0.25) is 15.9 Å². The van der Waals surface area contributed by atoms with Crippen LogP contribution in [-0.2, 0) is 21.2 Å². The lowest BCUT2D eigenvalue weighted by molar-refractivity contribution is -0.113. The van der Waals surface area contributed by atoms with Gasteiger partial charge in [-0.1, -0.05) is 30.8 Å². The zero-order valence-electron chi connectivity index (χ0n) is 15.6. The van der Waals surface area contributed by atoms with Crippen LogP contribution in [0.4, 0.5) is 11.4 Å². The van der Waals surface area contributed by atoms with Crippen LogP contribution in [0.25, 0.3) is 10.2 Å². The van der Waals surface area contributed by atoms with E-state index >= 15 is 0 Å². The Bertz CT molecular complexity index is 1090. The maximum atomic E-state index is 12.2. The Kier molecular flexibility index (Phi) is 6.58. The van der Waals surface area contributed by atoms with Crippen LogP contribution in [0.15, 0.2) is 46.8 Å². The monoisotopic (exact) mass is 435 g/mol. The number of carbonyl (C=O) groups excluding carboxylic acids is 1. The molecule has 6 nitrogen and oxygen atoms in total. The molecule has 2 N–H and O–H groups in total. The maximum Gasteiger partial charge on any atom is 0.234 e. The molecule has 0 fully saturated rings. The summed E-state index contributed by atoms with van der Waals surface area (Å²) < 4.78 is 27.6. The SMILES string of the molecule is CCc1cccc(NC(=O)CSc2nc3ccc(NS(=O)(=O)CC)cc3s2)c1. The number of anilines is 2. The Morgan fingerprint density at radius 2 is 1.96 bits per heavy atom. The molecule has 0 unspecified atom stereocenters. The highest BCUT2D eigenvalue weighted by atomic mass is 32.2. The first kappa shape index (κ1) is 20.6. The number of aryl methyl sites for hydroxylation is 1. The number of aromatic nitrogens is 1. The Labute approximate surface area is 172 Å². The Balaban J connectivity index is 1.63. The second-order valence-electron chi connectivity index (χ2n) is 6.06. The molecule has 0 radical (unpaired) electrons. The second kappa shape index (κ2) is 8.93. The Hall–Kier alpha value is -2.10. The summed E-state index contributed by atoms with van der Waals surface area (Å²) in [6.07, 6.45) is 0.917. The van der Waals surface area contributed by atoms with E-state index < -0.39 is 10.0 Å². The van der Waals surface area contributed by atoms with E-state index in [2.05, 4.69) is 21.9 Å². The summed E-state index contributed by atoms with van der Waals surface area (Å²) in [7, 11) is -3.31. The number of thioether (sulfide) groups is 1. The third-order valence-corrected chi connectivity index (χ3v) is 7.44. The van der Waals surface area contributed by atoms with Crippen molar-refractivity contribution in [2.45, 2.75) is 24.6 Å². The molecule has 0 atom stereocenters. The van der Waals surface area contributed by atoms with E-state index in [1.807, 2.05) is 24.3 Å². The molecule has 0 aliphatic heterocycles. The number of sulfonamides is 1. The lowest BCUT2D eigenvalue weighted by atomic mass is 10.1. The second-order valence-corrected chi connectivity index (χ2v) is 10.3.